The summed E-state index contributed by atoms with van der Waals surface area (Å²) in [4.78, 5) is 14.3. The molecule has 0 aromatic heterocycles. The van der Waals surface area contributed by atoms with Crippen LogP contribution in [0.3, 0.4) is 0 Å². The molecule has 0 fully saturated rings. The topological polar surface area (TPSA) is 52.0 Å². The van der Waals surface area contributed by atoms with Crippen LogP contribution >= 0.6 is 0 Å². The minimum Gasteiger partial charge on any atom is -0.486 e. The molecule has 0 saturated carbocycles. The molecule has 5 nitrogen and oxygen atoms in total. The molecule has 1 amide bonds. The smallest absolute Gasteiger partial charge is 0.278 e. The van der Waals surface area contributed by atoms with Crippen molar-refractivity contribution in [3.63, 3.8) is 0 Å². The Hall–Kier alpha value is -3.31. The van der Waals surface area contributed by atoms with Crippen molar-refractivity contribution >= 4 is 5.91 Å². The molecule has 4 rings (SSSR count). The number of nitrogens with one attached hydrogen (secondary N) is 2. The first-order valence-electron chi connectivity index (χ1n) is 10.7. The maximum Gasteiger partial charge on any atom is 0.278 e. The molecule has 3 aromatic rings. The predicted molar refractivity (Wildman–Crippen MR) is 120 cm³/mol. The van der Waals surface area contributed by atoms with E-state index in [1.54, 1.807) is 0 Å². The van der Waals surface area contributed by atoms with Gasteiger partial charge >= 0.3 is 0 Å². The zero-order chi connectivity index (χ0) is 21.6. The molecule has 160 valence electrons. The van der Waals surface area contributed by atoms with Gasteiger partial charge in [-0.25, -0.2) is 0 Å². The van der Waals surface area contributed by atoms with Crippen LogP contribution in [0.2, 0.25) is 0 Å². The molecule has 0 spiro atoms. The van der Waals surface area contributed by atoms with Crippen LogP contribution in [0, 0.1) is 0 Å². The molecule has 2 N–H and O–H groups in total. The first-order chi connectivity index (χ1) is 15.1. The molecule has 1 unspecified atom stereocenters. The minimum absolute atomic E-state index is 0.0211. The third kappa shape index (κ3) is 5.06. The van der Waals surface area contributed by atoms with Gasteiger partial charge in [0, 0.05) is 5.56 Å². The van der Waals surface area contributed by atoms with Crippen molar-refractivity contribution in [2.75, 3.05) is 20.3 Å². The largest absolute Gasteiger partial charge is 0.486 e. The molecule has 3 aromatic carbocycles. The summed E-state index contributed by atoms with van der Waals surface area (Å²) < 4.78 is 11.3. The van der Waals surface area contributed by atoms with E-state index in [0.29, 0.717) is 19.8 Å². The highest BCUT2D eigenvalue weighted by Crippen LogP contribution is 2.30. The SMILES string of the molecule is C[C@H](C(=O)NC(c1ccccc1)c1ccccc1)[NH+](C)Cc1ccc2c(c1)OCCO2. The van der Waals surface area contributed by atoms with Gasteiger partial charge in [0.25, 0.3) is 5.91 Å². The lowest BCUT2D eigenvalue weighted by Gasteiger charge is -2.26. The van der Waals surface area contributed by atoms with Gasteiger partial charge in [-0.3, -0.25) is 4.79 Å². The van der Waals surface area contributed by atoms with E-state index in [2.05, 4.69) is 5.32 Å². The maximum absolute atomic E-state index is 13.2. The Bertz CT molecular complexity index is 968. The minimum atomic E-state index is -0.219. The van der Waals surface area contributed by atoms with Gasteiger partial charge in [0.1, 0.15) is 19.8 Å². The number of rotatable bonds is 7. The van der Waals surface area contributed by atoms with E-state index in [1.807, 2.05) is 92.8 Å². The fourth-order valence-electron chi connectivity index (χ4n) is 3.81. The van der Waals surface area contributed by atoms with Gasteiger partial charge in [0.05, 0.1) is 13.1 Å². The van der Waals surface area contributed by atoms with E-state index in [9.17, 15) is 4.79 Å². The lowest BCUT2D eigenvalue weighted by Crippen LogP contribution is -3.12. The van der Waals surface area contributed by atoms with Crippen LogP contribution in [0.5, 0.6) is 11.5 Å². The molecule has 31 heavy (non-hydrogen) atoms. The van der Waals surface area contributed by atoms with Gasteiger partial charge in [0.15, 0.2) is 17.5 Å². The van der Waals surface area contributed by atoms with Crippen molar-refractivity contribution in [2.45, 2.75) is 25.6 Å². The number of carbonyl (C=O) groups excluding carboxylic acids is 1. The van der Waals surface area contributed by atoms with E-state index >= 15 is 0 Å². The van der Waals surface area contributed by atoms with Crippen LogP contribution < -0.4 is 19.7 Å². The lowest BCUT2D eigenvalue weighted by atomic mass is 9.98. The van der Waals surface area contributed by atoms with E-state index in [0.717, 1.165) is 33.1 Å². The summed E-state index contributed by atoms with van der Waals surface area (Å²) >= 11 is 0. The first kappa shape index (κ1) is 20.9. The van der Waals surface area contributed by atoms with Crippen molar-refractivity contribution in [1.29, 1.82) is 0 Å². The number of benzene rings is 3. The standard InChI is InChI=1S/C26H28N2O3/c1-19(28(2)18-20-13-14-23-24(17-20)31-16-15-30-23)26(29)27-25(21-9-5-3-6-10-21)22-11-7-4-8-12-22/h3-14,17,19,25H,15-16,18H2,1-2H3,(H,27,29)/p+1/t19-/m1/s1. The zero-order valence-electron chi connectivity index (χ0n) is 18.0. The maximum atomic E-state index is 13.2. The van der Waals surface area contributed by atoms with Gasteiger partial charge in [-0.05, 0) is 36.2 Å². The molecule has 5 heteroatoms. The molecule has 2 atom stereocenters. The Kier molecular flexibility index (Phi) is 6.53. The molecular weight excluding hydrogens is 388 g/mol. The highest BCUT2D eigenvalue weighted by molar-refractivity contribution is 5.80. The Morgan fingerprint density at radius 3 is 2.10 bits per heavy atom. The third-order valence-corrected chi connectivity index (χ3v) is 5.77. The van der Waals surface area contributed by atoms with Crippen LogP contribution in [0.25, 0.3) is 0 Å². The number of quaternary nitrogens is 1. The fourth-order valence-corrected chi connectivity index (χ4v) is 3.81. The second-order valence-electron chi connectivity index (χ2n) is 7.99. The lowest BCUT2D eigenvalue weighted by molar-refractivity contribution is -0.908. The molecule has 0 saturated heterocycles. The predicted octanol–water partition coefficient (Wildman–Crippen LogP) is 2.77. The fraction of sp³-hybridized carbons (Fsp3) is 0.269. The summed E-state index contributed by atoms with van der Waals surface area (Å²) in [6.07, 6.45) is 0. The second-order valence-corrected chi connectivity index (χ2v) is 7.99. The molecule has 0 radical (unpaired) electrons. The number of likely N-dealkylation sites (N-methyl/N-ethyl adjacent to an activating group) is 1. The summed E-state index contributed by atoms with van der Waals surface area (Å²) in [6, 6.07) is 25.8. The van der Waals surface area contributed by atoms with Crippen molar-refractivity contribution < 1.29 is 19.2 Å². The van der Waals surface area contributed by atoms with Gasteiger partial charge in [-0.15, -0.1) is 0 Å². The van der Waals surface area contributed by atoms with Crippen molar-refractivity contribution in [2.24, 2.45) is 0 Å². The summed E-state index contributed by atoms with van der Waals surface area (Å²) in [7, 11) is 2.04. The quantitative estimate of drug-likeness (QED) is 0.622. The molecule has 1 aliphatic heterocycles. The van der Waals surface area contributed by atoms with E-state index < -0.39 is 0 Å². The number of fused-ring (bicyclic) bond motifs is 1. The summed E-state index contributed by atoms with van der Waals surface area (Å²) in [6.45, 7) is 3.83. The van der Waals surface area contributed by atoms with Crippen LogP contribution in [0.1, 0.15) is 29.7 Å². The van der Waals surface area contributed by atoms with Crippen molar-refractivity contribution in [1.82, 2.24) is 5.32 Å². The van der Waals surface area contributed by atoms with E-state index in [1.165, 1.54) is 0 Å². The summed E-state index contributed by atoms with van der Waals surface area (Å²) in [5.41, 5.74) is 3.25. The monoisotopic (exact) mass is 417 g/mol. The first-order valence-corrected chi connectivity index (χ1v) is 10.7. The highest BCUT2D eigenvalue weighted by Gasteiger charge is 2.26. The van der Waals surface area contributed by atoms with E-state index in [4.69, 9.17) is 9.47 Å². The van der Waals surface area contributed by atoms with E-state index in [-0.39, 0.29) is 18.0 Å². The average Bonchev–Trinajstić information content (AvgIpc) is 2.83. The Balaban J connectivity index is 1.46. The zero-order valence-corrected chi connectivity index (χ0v) is 18.0. The number of carbonyl (C=O) groups is 1. The van der Waals surface area contributed by atoms with Gasteiger partial charge in [-0.1, -0.05) is 60.7 Å². The van der Waals surface area contributed by atoms with Gasteiger partial charge < -0.3 is 19.7 Å². The van der Waals surface area contributed by atoms with Gasteiger partial charge in [0.2, 0.25) is 0 Å². The molecule has 0 aliphatic carbocycles. The molecule has 1 heterocycles. The van der Waals surface area contributed by atoms with Crippen molar-refractivity contribution in [3.05, 3.63) is 95.6 Å². The molecule has 0 bridgehead atoms. The summed E-state index contributed by atoms with van der Waals surface area (Å²) in [5, 5.41) is 3.26. The number of hydrogen-bond acceptors (Lipinski definition) is 3. The van der Waals surface area contributed by atoms with Gasteiger partial charge in [-0.2, -0.15) is 0 Å². The summed E-state index contributed by atoms with van der Waals surface area (Å²) in [5.74, 6) is 1.58. The third-order valence-electron chi connectivity index (χ3n) is 5.77. The number of hydrogen-bond donors (Lipinski definition) is 2. The average molecular weight is 418 g/mol. The number of ether oxygens (including phenoxy) is 2. The molecular formula is C26H29N2O3+. The normalized spacial score (nSPS) is 14.7. The van der Waals surface area contributed by atoms with Crippen LogP contribution in [0.15, 0.2) is 78.9 Å². The highest BCUT2D eigenvalue weighted by atomic mass is 16.6. The second kappa shape index (κ2) is 9.67. The Morgan fingerprint density at radius 1 is 0.903 bits per heavy atom. The van der Waals surface area contributed by atoms with Crippen LogP contribution in [-0.2, 0) is 11.3 Å². The molecule has 1 aliphatic rings. The Labute approximate surface area is 183 Å². The van der Waals surface area contributed by atoms with Crippen molar-refractivity contribution in [3.8, 4) is 11.5 Å². The number of amides is 1. The Morgan fingerprint density at radius 2 is 1.48 bits per heavy atom. The van der Waals surface area contributed by atoms with Crippen LogP contribution in [0.4, 0.5) is 0 Å². The van der Waals surface area contributed by atoms with Crippen LogP contribution in [-0.4, -0.2) is 32.2 Å².